The van der Waals surface area contributed by atoms with E-state index in [0.29, 0.717) is 5.78 Å². The molecule has 18 heavy (non-hydrogen) atoms. The molecule has 2 bridgehead atoms. The zero-order chi connectivity index (χ0) is 12.3. The van der Waals surface area contributed by atoms with E-state index in [0.717, 1.165) is 24.3 Å². The Hall–Kier alpha value is -1.37. The van der Waals surface area contributed by atoms with Gasteiger partial charge in [0.2, 0.25) is 0 Å². The van der Waals surface area contributed by atoms with Crippen LogP contribution in [0.4, 0.5) is 0 Å². The minimum Gasteiger partial charge on any atom is -0.294 e. The molecule has 2 unspecified atom stereocenters. The van der Waals surface area contributed by atoms with E-state index >= 15 is 0 Å². The Morgan fingerprint density at radius 1 is 1.22 bits per heavy atom. The van der Waals surface area contributed by atoms with Gasteiger partial charge in [-0.05, 0) is 55.1 Å². The molecule has 0 heterocycles. The van der Waals surface area contributed by atoms with Crippen molar-refractivity contribution in [3.8, 4) is 0 Å². The van der Waals surface area contributed by atoms with Crippen LogP contribution in [0, 0.1) is 18.3 Å². The number of ketones is 1. The summed E-state index contributed by atoms with van der Waals surface area (Å²) in [6.07, 6.45) is 7.97. The fourth-order valence-corrected chi connectivity index (χ4v) is 4.44. The van der Waals surface area contributed by atoms with Gasteiger partial charge in [-0.2, -0.15) is 0 Å². The molecule has 92 valence electrons. The second-order valence-corrected chi connectivity index (χ2v) is 6.42. The van der Waals surface area contributed by atoms with Crippen LogP contribution in [-0.4, -0.2) is 5.78 Å². The first-order valence-electron chi connectivity index (χ1n) is 6.98. The van der Waals surface area contributed by atoms with Crippen LogP contribution in [0.5, 0.6) is 0 Å². The van der Waals surface area contributed by atoms with Crippen molar-refractivity contribution in [2.45, 2.75) is 39.0 Å². The maximum atomic E-state index is 12.5. The summed E-state index contributed by atoms with van der Waals surface area (Å²) in [5.74, 6) is 1.12. The highest BCUT2D eigenvalue weighted by Gasteiger charge is 2.50. The van der Waals surface area contributed by atoms with Gasteiger partial charge in [-0.1, -0.05) is 29.8 Å². The molecule has 1 aromatic rings. The van der Waals surface area contributed by atoms with Crippen molar-refractivity contribution in [3.05, 3.63) is 46.5 Å². The van der Waals surface area contributed by atoms with Gasteiger partial charge in [0, 0.05) is 12.0 Å². The van der Waals surface area contributed by atoms with Crippen LogP contribution in [0.15, 0.2) is 29.8 Å². The first kappa shape index (κ1) is 10.5. The van der Waals surface area contributed by atoms with Gasteiger partial charge < -0.3 is 0 Å². The highest BCUT2D eigenvalue weighted by Crippen LogP contribution is 2.58. The van der Waals surface area contributed by atoms with Crippen LogP contribution in [0.1, 0.15) is 47.2 Å². The third-order valence-electron chi connectivity index (χ3n) is 5.40. The number of hydrogen-bond donors (Lipinski definition) is 0. The quantitative estimate of drug-likeness (QED) is 0.627. The predicted molar refractivity (Wildman–Crippen MR) is 71.7 cm³/mol. The molecule has 0 aromatic heterocycles. The van der Waals surface area contributed by atoms with Crippen LogP contribution >= 0.6 is 0 Å². The van der Waals surface area contributed by atoms with Gasteiger partial charge in [0.1, 0.15) is 0 Å². The lowest BCUT2D eigenvalue weighted by Crippen LogP contribution is -2.36. The van der Waals surface area contributed by atoms with Gasteiger partial charge >= 0.3 is 0 Å². The SMILES string of the molecule is Cc1cccc2c1CC1(CC2=O)CC2=CCC1C2. The number of carbonyl (C=O) groups is 1. The lowest BCUT2D eigenvalue weighted by atomic mass is 9.63. The summed E-state index contributed by atoms with van der Waals surface area (Å²) < 4.78 is 0. The highest BCUT2D eigenvalue weighted by atomic mass is 16.1. The van der Waals surface area contributed by atoms with E-state index in [-0.39, 0.29) is 5.41 Å². The Labute approximate surface area is 108 Å². The Bertz CT molecular complexity index is 581. The number of Topliss-reactive ketones (excluding diaryl/α,β-unsaturated/α-hetero) is 1. The summed E-state index contributed by atoms with van der Waals surface area (Å²) in [6.45, 7) is 2.15. The average molecular weight is 238 g/mol. The fraction of sp³-hybridized carbons (Fsp3) is 0.471. The second kappa shape index (κ2) is 3.34. The molecule has 1 heteroatoms. The molecule has 1 nitrogen and oxygen atoms in total. The maximum Gasteiger partial charge on any atom is 0.163 e. The zero-order valence-corrected chi connectivity index (χ0v) is 10.8. The third kappa shape index (κ3) is 1.25. The van der Waals surface area contributed by atoms with Crippen LogP contribution in [0.25, 0.3) is 0 Å². The molecular weight excluding hydrogens is 220 g/mol. The number of benzene rings is 1. The molecule has 2 atom stereocenters. The van der Waals surface area contributed by atoms with Gasteiger partial charge in [-0.15, -0.1) is 0 Å². The molecule has 1 saturated carbocycles. The van der Waals surface area contributed by atoms with Crippen LogP contribution in [0.3, 0.4) is 0 Å². The molecule has 0 N–H and O–H groups in total. The number of carbonyl (C=O) groups excluding carboxylic acids is 1. The Morgan fingerprint density at radius 3 is 2.83 bits per heavy atom. The molecule has 4 rings (SSSR count). The molecule has 0 aliphatic heterocycles. The monoisotopic (exact) mass is 238 g/mol. The molecule has 1 fully saturated rings. The van der Waals surface area contributed by atoms with Gasteiger partial charge in [0.05, 0.1) is 0 Å². The van der Waals surface area contributed by atoms with E-state index in [4.69, 9.17) is 0 Å². The largest absolute Gasteiger partial charge is 0.294 e. The zero-order valence-electron chi connectivity index (χ0n) is 10.8. The van der Waals surface area contributed by atoms with Crippen molar-refractivity contribution in [1.82, 2.24) is 0 Å². The topological polar surface area (TPSA) is 17.1 Å². The number of aryl methyl sites for hydroxylation is 1. The Kier molecular flexibility index (Phi) is 1.96. The van der Waals surface area contributed by atoms with E-state index in [2.05, 4.69) is 19.1 Å². The van der Waals surface area contributed by atoms with Crippen molar-refractivity contribution < 1.29 is 4.79 Å². The van der Waals surface area contributed by atoms with E-state index in [1.807, 2.05) is 12.1 Å². The van der Waals surface area contributed by atoms with Crippen molar-refractivity contribution in [3.63, 3.8) is 0 Å². The summed E-state index contributed by atoms with van der Waals surface area (Å²) >= 11 is 0. The summed E-state index contributed by atoms with van der Waals surface area (Å²) in [6, 6.07) is 6.19. The highest BCUT2D eigenvalue weighted by molar-refractivity contribution is 5.99. The summed E-state index contributed by atoms with van der Waals surface area (Å²) in [5, 5.41) is 0. The first-order valence-corrected chi connectivity index (χ1v) is 6.98. The lowest BCUT2D eigenvalue weighted by Gasteiger charge is -2.40. The van der Waals surface area contributed by atoms with Crippen molar-refractivity contribution in [2.24, 2.45) is 11.3 Å². The summed E-state index contributed by atoms with van der Waals surface area (Å²) in [7, 11) is 0. The van der Waals surface area contributed by atoms with Crippen molar-refractivity contribution in [1.29, 1.82) is 0 Å². The standard InChI is InChI=1S/C17H18O/c1-11-3-2-4-14-15(11)9-17(10-16(14)18)8-12-5-6-13(17)7-12/h2-5,13H,6-10H2,1H3. The molecule has 0 amide bonds. The lowest BCUT2D eigenvalue weighted by molar-refractivity contribution is 0.0823. The third-order valence-corrected chi connectivity index (χ3v) is 5.40. The van der Waals surface area contributed by atoms with Gasteiger partial charge in [0.15, 0.2) is 5.78 Å². The number of allylic oxidation sites excluding steroid dienone is 2. The Balaban J connectivity index is 1.83. The maximum absolute atomic E-state index is 12.5. The van der Waals surface area contributed by atoms with Crippen molar-refractivity contribution in [2.75, 3.05) is 0 Å². The van der Waals surface area contributed by atoms with Gasteiger partial charge in [-0.25, -0.2) is 0 Å². The summed E-state index contributed by atoms with van der Waals surface area (Å²) in [5.41, 5.74) is 5.53. The first-order chi connectivity index (χ1) is 8.68. The molecular formula is C17H18O. The number of fused-ring (bicyclic) bond motifs is 4. The van der Waals surface area contributed by atoms with E-state index in [1.54, 1.807) is 5.57 Å². The fourth-order valence-electron chi connectivity index (χ4n) is 4.44. The summed E-state index contributed by atoms with van der Waals surface area (Å²) in [4.78, 5) is 12.5. The Morgan fingerprint density at radius 2 is 2.11 bits per heavy atom. The minimum absolute atomic E-state index is 0.278. The molecule has 3 aliphatic carbocycles. The van der Waals surface area contributed by atoms with Crippen LogP contribution in [-0.2, 0) is 6.42 Å². The minimum atomic E-state index is 0.278. The van der Waals surface area contributed by atoms with Gasteiger partial charge in [0.25, 0.3) is 0 Å². The normalized spacial score (nSPS) is 32.8. The molecule has 1 spiro atoms. The van der Waals surface area contributed by atoms with E-state index in [1.165, 1.54) is 30.4 Å². The van der Waals surface area contributed by atoms with E-state index in [9.17, 15) is 4.79 Å². The van der Waals surface area contributed by atoms with Gasteiger partial charge in [-0.3, -0.25) is 4.79 Å². The van der Waals surface area contributed by atoms with Crippen molar-refractivity contribution >= 4 is 5.78 Å². The second-order valence-electron chi connectivity index (χ2n) is 6.42. The van der Waals surface area contributed by atoms with Crippen LogP contribution in [0.2, 0.25) is 0 Å². The number of rotatable bonds is 0. The molecule has 1 aromatic carbocycles. The predicted octanol–water partition coefficient (Wildman–Crippen LogP) is 3.85. The van der Waals surface area contributed by atoms with Crippen LogP contribution < -0.4 is 0 Å². The smallest absolute Gasteiger partial charge is 0.163 e. The average Bonchev–Trinajstić information content (AvgIpc) is 2.91. The molecule has 0 radical (unpaired) electrons. The molecule has 0 saturated heterocycles. The molecule has 3 aliphatic rings. The van der Waals surface area contributed by atoms with E-state index < -0.39 is 0 Å². The number of hydrogen-bond acceptors (Lipinski definition) is 1.